The number of hydrogen-bond donors (Lipinski definition) is 1. The average molecular weight is 222 g/mol. The van der Waals surface area contributed by atoms with Crippen molar-refractivity contribution in [3.05, 3.63) is 34.3 Å². The first-order valence-corrected chi connectivity index (χ1v) is 6.06. The molecule has 1 saturated heterocycles. The zero-order valence-corrected chi connectivity index (χ0v) is 9.77. The van der Waals surface area contributed by atoms with E-state index in [0.717, 1.165) is 24.5 Å². The largest absolute Gasteiger partial charge is 0.316 e. The van der Waals surface area contributed by atoms with E-state index in [0.29, 0.717) is 11.3 Å². The highest BCUT2D eigenvalue weighted by atomic mass is 35.5. The minimum atomic E-state index is 0.456. The lowest BCUT2D eigenvalue weighted by atomic mass is 9.67. The second-order valence-corrected chi connectivity index (χ2v) is 5.55. The van der Waals surface area contributed by atoms with Gasteiger partial charge in [0, 0.05) is 24.0 Å². The van der Waals surface area contributed by atoms with Crippen LogP contribution in [0, 0.1) is 5.41 Å². The van der Waals surface area contributed by atoms with Gasteiger partial charge in [-0.3, -0.25) is 0 Å². The second kappa shape index (κ2) is 3.23. The van der Waals surface area contributed by atoms with Crippen molar-refractivity contribution in [3.63, 3.8) is 0 Å². The fourth-order valence-corrected chi connectivity index (χ4v) is 3.47. The lowest BCUT2D eigenvalue weighted by Gasteiger charge is -2.37. The quantitative estimate of drug-likeness (QED) is 0.710. The maximum absolute atomic E-state index is 6.26. The molecule has 1 heterocycles. The molecular formula is C13H16ClN. The third kappa shape index (κ3) is 1.33. The second-order valence-electron chi connectivity index (χ2n) is 5.15. The Hall–Kier alpha value is -0.530. The lowest BCUT2D eigenvalue weighted by Crippen LogP contribution is -2.30. The van der Waals surface area contributed by atoms with Crippen LogP contribution >= 0.6 is 11.6 Å². The minimum absolute atomic E-state index is 0.456. The summed E-state index contributed by atoms with van der Waals surface area (Å²) in [5.41, 5.74) is 3.34. The molecule has 1 aromatic rings. The van der Waals surface area contributed by atoms with Crippen molar-refractivity contribution in [2.45, 2.75) is 25.7 Å². The molecule has 0 bridgehead atoms. The summed E-state index contributed by atoms with van der Waals surface area (Å²) in [6.45, 7) is 4.68. The van der Waals surface area contributed by atoms with Gasteiger partial charge in [-0.15, -0.1) is 0 Å². The lowest BCUT2D eigenvalue weighted by molar-refractivity contribution is 0.277. The summed E-state index contributed by atoms with van der Waals surface area (Å²) in [7, 11) is 0. The van der Waals surface area contributed by atoms with Gasteiger partial charge in [0.1, 0.15) is 0 Å². The number of halogens is 1. The van der Waals surface area contributed by atoms with Gasteiger partial charge in [-0.1, -0.05) is 30.7 Å². The molecule has 0 amide bonds. The van der Waals surface area contributed by atoms with Crippen molar-refractivity contribution in [1.82, 2.24) is 5.32 Å². The summed E-state index contributed by atoms with van der Waals surface area (Å²) in [6.07, 6.45) is 2.41. The standard InChI is InChI=1S/C13H16ClN/c1-13-6-5-10-9(3-2-4-12(10)14)11(13)7-15-8-13/h2-4,11,15H,5-8H2,1H3/t11-,13-/m1/s1. The predicted molar refractivity (Wildman–Crippen MR) is 63.5 cm³/mol. The summed E-state index contributed by atoms with van der Waals surface area (Å²) >= 11 is 6.26. The van der Waals surface area contributed by atoms with E-state index in [2.05, 4.69) is 24.4 Å². The Morgan fingerprint density at radius 1 is 1.47 bits per heavy atom. The van der Waals surface area contributed by atoms with Crippen LogP contribution in [0.15, 0.2) is 18.2 Å². The van der Waals surface area contributed by atoms with Crippen molar-refractivity contribution in [1.29, 1.82) is 0 Å². The van der Waals surface area contributed by atoms with Gasteiger partial charge in [-0.05, 0) is 35.4 Å². The van der Waals surface area contributed by atoms with Gasteiger partial charge in [-0.25, -0.2) is 0 Å². The molecule has 3 rings (SSSR count). The van der Waals surface area contributed by atoms with Gasteiger partial charge in [0.15, 0.2) is 0 Å². The maximum Gasteiger partial charge on any atom is 0.0440 e. The Bertz CT molecular complexity index is 402. The van der Waals surface area contributed by atoms with Crippen molar-refractivity contribution in [2.24, 2.45) is 5.41 Å². The Kier molecular flexibility index (Phi) is 2.08. The van der Waals surface area contributed by atoms with Crippen LogP contribution < -0.4 is 5.32 Å². The Morgan fingerprint density at radius 3 is 3.20 bits per heavy atom. The molecule has 1 nitrogen and oxygen atoms in total. The van der Waals surface area contributed by atoms with Gasteiger partial charge >= 0.3 is 0 Å². The molecule has 0 unspecified atom stereocenters. The SMILES string of the molecule is C[C@]12CCc3c(Cl)cccc3[C@H]1CNC2. The fourth-order valence-electron chi connectivity index (χ4n) is 3.20. The predicted octanol–water partition coefficient (Wildman–Crippen LogP) is 2.98. The van der Waals surface area contributed by atoms with E-state index < -0.39 is 0 Å². The molecule has 1 aromatic carbocycles. The number of benzene rings is 1. The first-order valence-electron chi connectivity index (χ1n) is 5.69. The zero-order chi connectivity index (χ0) is 10.5. The van der Waals surface area contributed by atoms with E-state index >= 15 is 0 Å². The monoisotopic (exact) mass is 221 g/mol. The van der Waals surface area contributed by atoms with Crippen LogP contribution in [0.1, 0.15) is 30.4 Å². The van der Waals surface area contributed by atoms with E-state index in [1.807, 2.05) is 6.07 Å². The van der Waals surface area contributed by atoms with E-state index in [1.165, 1.54) is 17.5 Å². The molecule has 1 aliphatic carbocycles. The smallest absolute Gasteiger partial charge is 0.0440 e. The van der Waals surface area contributed by atoms with E-state index in [9.17, 15) is 0 Å². The normalized spacial score (nSPS) is 33.6. The summed E-state index contributed by atoms with van der Waals surface area (Å²) in [4.78, 5) is 0. The van der Waals surface area contributed by atoms with Crippen LogP contribution in [0.3, 0.4) is 0 Å². The van der Waals surface area contributed by atoms with Gasteiger partial charge in [-0.2, -0.15) is 0 Å². The number of fused-ring (bicyclic) bond motifs is 3. The Morgan fingerprint density at radius 2 is 2.33 bits per heavy atom. The number of nitrogens with one attached hydrogen (secondary N) is 1. The molecule has 1 aliphatic heterocycles. The van der Waals surface area contributed by atoms with E-state index in [4.69, 9.17) is 11.6 Å². The first kappa shape index (κ1) is 9.68. The van der Waals surface area contributed by atoms with Crippen LogP contribution in [-0.2, 0) is 6.42 Å². The molecule has 80 valence electrons. The minimum Gasteiger partial charge on any atom is -0.316 e. The highest BCUT2D eigenvalue weighted by molar-refractivity contribution is 6.31. The average Bonchev–Trinajstić information content (AvgIpc) is 2.60. The van der Waals surface area contributed by atoms with E-state index in [1.54, 1.807) is 0 Å². The molecule has 0 saturated carbocycles. The molecular weight excluding hydrogens is 206 g/mol. The van der Waals surface area contributed by atoms with Gasteiger partial charge in [0.2, 0.25) is 0 Å². The van der Waals surface area contributed by atoms with Crippen molar-refractivity contribution < 1.29 is 0 Å². The third-order valence-corrected chi connectivity index (χ3v) is 4.55. The van der Waals surface area contributed by atoms with Crippen LogP contribution in [0.5, 0.6) is 0 Å². The Balaban J connectivity index is 2.13. The molecule has 2 heteroatoms. The molecule has 15 heavy (non-hydrogen) atoms. The van der Waals surface area contributed by atoms with Crippen LogP contribution in [-0.4, -0.2) is 13.1 Å². The van der Waals surface area contributed by atoms with Gasteiger partial charge in [0.25, 0.3) is 0 Å². The first-order chi connectivity index (χ1) is 7.21. The van der Waals surface area contributed by atoms with Crippen LogP contribution in [0.25, 0.3) is 0 Å². The van der Waals surface area contributed by atoms with Crippen LogP contribution in [0.4, 0.5) is 0 Å². The topological polar surface area (TPSA) is 12.0 Å². The van der Waals surface area contributed by atoms with E-state index in [-0.39, 0.29) is 0 Å². The number of hydrogen-bond acceptors (Lipinski definition) is 1. The summed E-state index contributed by atoms with van der Waals surface area (Å²) in [5, 5.41) is 4.48. The Labute approximate surface area is 95.8 Å². The zero-order valence-electron chi connectivity index (χ0n) is 9.02. The highest BCUT2D eigenvalue weighted by Gasteiger charge is 2.43. The summed E-state index contributed by atoms with van der Waals surface area (Å²) in [6, 6.07) is 6.37. The molecule has 2 atom stereocenters. The van der Waals surface area contributed by atoms with Crippen molar-refractivity contribution in [3.8, 4) is 0 Å². The van der Waals surface area contributed by atoms with Gasteiger partial charge < -0.3 is 5.32 Å². The molecule has 2 aliphatic rings. The number of rotatable bonds is 0. The van der Waals surface area contributed by atoms with Crippen molar-refractivity contribution >= 4 is 11.6 Å². The van der Waals surface area contributed by atoms with Crippen LogP contribution in [0.2, 0.25) is 5.02 Å². The summed E-state index contributed by atoms with van der Waals surface area (Å²) < 4.78 is 0. The highest BCUT2D eigenvalue weighted by Crippen LogP contribution is 2.48. The maximum atomic E-state index is 6.26. The van der Waals surface area contributed by atoms with Gasteiger partial charge in [0.05, 0.1) is 0 Å². The molecule has 1 N–H and O–H groups in total. The summed E-state index contributed by atoms with van der Waals surface area (Å²) in [5.74, 6) is 0.667. The molecule has 0 radical (unpaired) electrons. The fraction of sp³-hybridized carbons (Fsp3) is 0.538. The third-order valence-electron chi connectivity index (χ3n) is 4.20. The molecule has 1 fully saturated rings. The molecule has 0 aromatic heterocycles. The molecule has 0 spiro atoms. The van der Waals surface area contributed by atoms with Crippen molar-refractivity contribution in [2.75, 3.05) is 13.1 Å².